The quantitative estimate of drug-likeness (QED) is 0.134. The first kappa shape index (κ1) is 45.0. The largest absolute Gasteiger partial charge is 0.467 e. The lowest BCUT2D eigenvalue weighted by atomic mass is 9.89. The number of benzene rings is 1. The van der Waals surface area contributed by atoms with Gasteiger partial charge in [0.2, 0.25) is 17.7 Å². The first-order valence-corrected chi connectivity index (χ1v) is 18.9. The summed E-state index contributed by atoms with van der Waals surface area (Å²) in [5.74, 6) is -1.54. The maximum atomic E-state index is 14.2. The minimum atomic E-state index is -0.863. The molecule has 0 spiro atoms. The monoisotopic (exact) mass is 747 g/mol. The molecule has 13 heteroatoms. The lowest BCUT2D eigenvalue weighted by Crippen LogP contribution is -2.61. The third-order valence-corrected chi connectivity index (χ3v) is 11.2. The highest BCUT2D eigenvalue weighted by molar-refractivity contribution is 7.80. The average Bonchev–Trinajstić information content (AvgIpc) is 3.62. The normalized spacial score (nSPS) is 18.8. The number of rotatable bonds is 20. The van der Waals surface area contributed by atoms with Gasteiger partial charge in [0.1, 0.15) is 12.1 Å². The molecule has 8 atom stereocenters. The van der Waals surface area contributed by atoms with Gasteiger partial charge in [-0.2, -0.15) is 0 Å². The average molecular weight is 748 g/mol. The fraction of sp³-hybridized carbons (Fsp3) is 0.718. The summed E-state index contributed by atoms with van der Waals surface area (Å²) in [5, 5.41) is 9.17. The van der Waals surface area contributed by atoms with Crippen LogP contribution in [-0.4, -0.2) is 122 Å². The van der Waals surface area contributed by atoms with E-state index in [1.807, 2.05) is 69.9 Å². The van der Waals surface area contributed by atoms with Crippen molar-refractivity contribution >= 4 is 40.9 Å². The maximum absolute atomic E-state index is 14.2. The molecule has 0 saturated carbocycles. The van der Waals surface area contributed by atoms with Crippen LogP contribution in [0.2, 0.25) is 0 Å². The number of carbonyl (C=O) groups excluding carboxylic acids is 4. The first-order chi connectivity index (χ1) is 24.5. The van der Waals surface area contributed by atoms with E-state index < -0.39 is 41.8 Å². The number of methoxy groups -OCH3 is 3. The summed E-state index contributed by atoms with van der Waals surface area (Å²) in [6.07, 6.45) is 1.69. The van der Waals surface area contributed by atoms with Crippen molar-refractivity contribution in [1.82, 2.24) is 25.8 Å². The second kappa shape index (κ2) is 20.9. The minimum Gasteiger partial charge on any atom is -0.467 e. The zero-order chi connectivity index (χ0) is 39.3. The van der Waals surface area contributed by atoms with E-state index in [2.05, 4.69) is 16.0 Å². The molecule has 1 fully saturated rings. The highest BCUT2D eigenvalue weighted by atomic mass is 32.1. The molecule has 0 radical (unpaired) electrons. The van der Waals surface area contributed by atoms with Crippen LogP contribution in [0.5, 0.6) is 0 Å². The number of ether oxygens (including phenoxy) is 3. The lowest BCUT2D eigenvalue weighted by molar-refractivity contribution is -0.147. The summed E-state index contributed by atoms with van der Waals surface area (Å²) >= 11 is 5.84. The number of carbonyl (C=O) groups is 4. The third kappa shape index (κ3) is 11.7. The standard InChI is InChI=1S/C39H65N5O7S/c1-13-25(4)33(43(9)36(46)32(24(2)3)42-38(48)39(6,7)40-8)30(49-10)23-31(45)44-21-17-20-29(44)34(50-11)26(5)35(52)41-28(37(47)51-12)22-27-18-15-14-16-19-27/h14-16,18-19,24-26,28-30,32-34,40H,13,17,20-23H2,1-12H3,(H,41,52)(H,42,48). The van der Waals surface area contributed by atoms with Crippen molar-refractivity contribution in [3.05, 3.63) is 35.9 Å². The van der Waals surface area contributed by atoms with E-state index in [0.717, 1.165) is 24.8 Å². The highest BCUT2D eigenvalue weighted by Gasteiger charge is 2.43. The Morgan fingerprint density at radius 2 is 1.65 bits per heavy atom. The topological polar surface area (TPSA) is 139 Å². The Morgan fingerprint density at radius 1 is 1.02 bits per heavy atom. The van der Waals surface area contributed by atoms with E-state index in [1.165, 1.54) is 7.11 Å². The van der Waals surface area contributed by atoms with Crippen LogP contribution in [-0.2, 0) is 39.8 Å². The van der Waals surface area contributed by atoms with Crippen LogP contribution in [0.3, 0.4) is 0 Å². The van der Waals surface area contributed by atoms with Gasteiger partial charge in [-0.25, -0.2) is 4.79 Å². The molecule has 0 aliphatic carbocycles. The number of amides is 3. The number of hydrogen-bond acceptors (Lipinski definition) is 9. The number of likely N-dealkylation sites (N-methyl/N-ethyl adjacent to an activating group) is 2. The van der Waals surface area contributed by atoms with E-state index in [4.69, 9.17) is 26.4 Å². The molecule has 2 rings (SSSR count). The lowest BCUT2D eigenvalue weighted by Gasteiger charge is -2.41. The zero-order valence-corrected chi connectivity index (χ0v) is 34.3. The number of nitrogens with zero attached hydrogens (tertiary/aromatic N) is 2. The van der Waals surface area contributed by atoms with E-state index in [0.29, 0.717) is 18.0 Å². The van der Waals surface area contributed by atoms with Crippen LogP contribution in [0.4, 0.5) is 0 Å². The summed E-state index contributed by atoms with van der Waals surface area (Å²) in [4.78, 5) is 58.1. The van der Waals surface area contributed by atoms with E-state index in [1.54, 1.807) is 47.1 Å². The summed E-state index contributed by atoms with van der Waals surface area (Å²) in [7, 11) is 7.98. The van der Waals surface area contributed by atoms with Gasteiger partial charge in [0.15, 0.2) is 0 Å². The van der Waals surface area contributed by atoms with E-state index in [9.17, 15) is 19.2 Å². The minimum absolute atomic E-state index is 0.00725. The van der Waals surface area contributed by atoms with Gasteiger partial charge in [0, 0.05) is 40.2 Å². The first-order valence-electron chi connectivity index (χ1n) is 18.5. The highest BCUT2D eigenvalue weighted by Crippen LogP contribution is 2.30. The van der Waals surface area contributed by atoms with Gasteiger partial charge in [-0.3, -0.25) is 14.4 Å². The zero-order valence-electron chi connectivity index (χ0n) is 33.5. The Kier molecular flexibility index (Phi) is 18.1. The molecule has 1 aliphatic rings. The Labute approximate surface area is 317 Å². The van der Waals surface area contributed by atoms with Gasteiger partial charge in [-0.05, 0) is 51.1 Å². The van der Waals surface area contributed by atoms with Crippen LogP contribution in [0.25, 0.3) is 0 Å². The van der Waals surface area contributed by atoms with Crippen LogP contribution in [0.1, 0.15) is 79.7 Å². The van der Waals surface area contributed by atoms with Gasteiger partial charge in [0.25, 0.3) is 0 Å². The molecule has 1 heterocycles. The van der Waals surface area contributed by atoms with Crippen LogP contribution in [0, 0.1) is 17.8 Å². The van der Waals surface area contributed by atoms with Gasteiger partial charge < -0.3 is 40.0 Å². The number of esters is 1. The summed E-state index contributed by atoms with van der Waals surface area (Å²) in [5.41, 5.74) is 0.105. The Bertz CT molecular complexity index is 1330. The third-order valence-electron chi connectivity index (χ3n) is 10.8. The van der Waals surface area contributed by atoms with Crippen molar-refractivity contribution in [3.8, 4) is 0 Å². The molecule has 294 valence electrons. The summed E-state index contributed by atoms with van der Waals surface area (Å²) in [6.45, 7) is 13.9. The molecule has 0 bridgehead atoms. The maximum Gasteiger partial charge on any atom is 0.328 e. The molecule has 3 amide bonds. The summed E-state index contributed by atoms with van der Waals surface area (Å²) < 4.78 is 17.1. The molecular weight excluding hydrogens is 683 g/mol. The second-order valence-electron chi connectivity index (χ2n) is 14.9. The van der Waals surface area contributed by atoms with E-state index in [-0.39, 0.29) is 47.9 Å². The van der Waals surface area contributed by atoms with Crippen molar-refractivity contribution < 1.29 is 33.4 Å². The fourth-order valence-electron chi connectivity index (χ4n) is 6.96. The van der Waals surface area contributed by atoms with Crippen molar-refractivity contribution in [2.75, 3.05) is 42.0 Å². The number of nitrogens with one attached hydrogen (secondary N) is 3. The molecular formula is C39H65N5O7S. The number of likely N-dealkylation sites (tertiary alicyclic amines) is 1. The Balaban J connectivity index is 2.28. The predicted octanol–water partition coefficient (Wildman–Crippen LogP) is 3.75. The van der Waals surface area contributed by atoms with Crippen LogP contribution < -0.4 is 16.0 Å². The smallest absolute Gasteiger partial charge is 0.328 e. The van der Waals surface area contributed by atoms with Gasteiger partial charge in [-0.15, -0.1) is 0 Å². The Hall–Kier alpha value is -3.13. The number of hydrogen-bond donors (Lipinski definition) is 3. The molecule has 3 N–H and O–H groups in total. The summed E-state index contributed by atoms with van der Waals surface area (Å²) in [6, 6.07) is 7.52. The second-order valence-corrected chi connectivity index (χ2v) is 15.4. The molecule has 8 unspecified atom stereocenters. The SMILES string of the molecule is CCC(C)C(C(CC(=O)N1CCCC1C(OC)C(C)C(=S)NC(Cc1ccccc1)C(=O)OC)OC)N(C)C(=O)C(NC(=O)C(C)(C)NC)C(C)C. The van der Waals surface area contributed by atoms with Crippen LogP contribution >= 0.6 is 12.2 Å². The molecule has 1 saturated heterocycles. The van der Waals surface area contributed by atoms with Gasteiger partial charge in [-0.1, -0.05) is 83.6 Å². The van der Waals surface area contributed by atoms with Crippen molar-refractivity contribution in [1.29, 1.82) is 0 Å². The van der Waals surface area contributed by atoms with E-state index >= 15 is 0 Å². The molecule has 12 nitrogen and oxygen atoms in total. The van der Waals surface area contributed by atoms with Crippen molar-refractivity contribution in [2.45, 2.75) is 122 Å². The predicted molar refractivity (Wildman–Crippen MR) is 208 cm³/mol. The molecule has 1 aromatic carbocycles. The molecule has 1 aromatic rings. The van der Waals surface area contributed by atoms with Gasteiger partial charge in [0.05, 0.1) is 48.3 Å². The Morgan fingerprint density at radius 3 is 2.17 bits per heavy atom. The van der Waals surface area contributed by atoms with Crippen LogP contribution in [0.15, 0.2) is 30.3 Å². The molecule has 52 heavy (non-hydrogen) atoms. The number of thiocarbonyl (C=S) groups is 1. The fourth-order valence-corrected chi connectivity index (χ4v) is 7.24. The molecule has 1 aliphatic heterocycles. The van der Waals surface area contributed by atoms with Gasteiger partial charge >= 0.3 is 5.97 Å². The van der Waals surface area contributed by atoms with Crippen molar-refractivity contribution in [3.63, 3.8) is 0 Å². The van der Waals surface area contributed by atoms with Crippen molar-refractivity contribution in [2.24, 2.45) is 17.8 Å². The molecule has 0 aromatic heterocycles.